The van der Waals surface area contributed by atoms with E-state index in [2.05, 4.69) is 4.98 Å². The molecule has 3 aromatic rings. The van der Waals surface area contributed by atoms with Gasteiger partial charge in [0.05, 0.1) is 17.0 Å². The van der Waals surface area contributed by atoms with E-state index in [1.165, 1.54) is 24.3 Å². The molecule has 1 N–H and O–H groups in total. The number of carboxylic acids is 1. The van der Waals surface area contributed by atoms with Crippen molar-refractivity contribution in [1.82, 2.24) is 4.98 Å². The average molecular weight is 347 g/mol. The van der Waals surface area contributed by atoms with Gasteiger partial charge in [0.1, 0.15) is 0 Å². The van der Waals surface area contributed by atoms with Crippen molar-refractivity contribution >= 4 is 5.97 Å². The molecule has 0 spiro atoms. The number of hydrogen-bond donors (Lipinski definition) is 1. The van der Waals surface area contributed by atoms with Gasteiger partial charge in [-0.2, -0.15) is 0 Å². The highest BCUT2D eigenvalue weighted by molar-refractivity contribution is 5.90. The molecule has 0 atom stereocenters. The van der Waals surface area contributed by atoms with Crippen LogP contribution in [0.2, 0.25) is 0 Å². The number of nitrogens with zero attached hydrogens (tertiary/aromatic N) is 1. The molecule has 0 bridgehead atoms. The van der Waals surface area contributed by atoms with Crippen LogP contribution in [0.25, 0.3) is 22.5 Å². The number of carbonyl (C=O) groups is 1. The van der Waals surface area contributed by atoms with E-state index in [0.717, 1.165) is 24.3 Å². The van der Waals surface area contributed by atoms with Gasteiger partial charge >= 0.3 is 5.97 Å². The molecule has 0 saturated heterocycles. The van der Waals surface area contributed by atoms with E-state index in [4.69, 9.17) is 0 Å². The largest absolute Gasteiger partial charge is 0.478 e. The number of pyridine rings is 1. The number of benzene rings is 2. The number of halogens is 4. The summed E-state index contributed by atoms with van der Waals surface area (Å²) < 4.78 is 54.9. The zero-order valence-corrected chi connectivity index (χ0v) is 12.4. The Kier molecular flexibility index (Phi) is 4.22. The van der Waals surface area contributed by atoms with Crippen LogP contribution in [0.1, 0.15) is 10.4 Å². The molecule has 2 aromatic carbocycles. The minimum atomic E-state index is -1.38. The number of hydrogen-bond acceptors (Lipinski definition) is 2. The van der Waals surface area contributed by atoms with Gasteiger partial charge in [-0.25, -0.2) is 27.3 Å². The maximum Gasteiger partial charge on any atom is 0.335 e. The second-order valence-electron chi connectivity index (χ2n) is 5.13. The molecular weight excluding hydrogens is 338 g/mol. The molecule has 0 unspecified atom stereocenters. The summed E-state index contributed by atoms with van der Waals surface area (Å²) in [6.07, 6.45) is 0. The number of rotatable bonds is 3. The van der Waals surface area contributed by atoms with Crippen LogP contribution >= 0.6 is 0 Å². The lowest BCUT2D eigenvalue weighted by molar-refractivity contribution is 0.0697. The van der Waals surface area contributed by atoms with Crippen LogP contribution in [0.4, 0.5) is 17.6 Å². The lowest BCUT2D eigenvalue weighted by atomic mass is 10.0. The monoisotopic (exact) mass is 347 g/mol. The van der Waals surface area contributed by atoms with Crippen LogP contribution in [0, 0.1) is 23.3 Å². The van der Waals surface area contributed by atoms with Crippen LogP contribution in [0.15, 0.2) is 48.5 Å². The van der Waals surface area contributed by atoms with E-state index in [9.17, 15) is 27.5 Å². The highest BCUT2D eigenvalue weighted by atomic mass is 19.2. The van der Waals surface area contributed by atoms with Crippen LogP contribution in [-0.4, -0.2) is 16.1 Å². The molecule has 0 saturated carbocycles. The van der Waals surface area contributed by atoms with Gasteiger partial charge in [0.15, 0.2) is 23.3 Å². The van der Waals surface area contributed by atoms with Gasteiger partial charge in [-0.15, -0.1) is 0 Å². The number of carboxylic acid groups (broad SMARTS) is 1. The Balaban J connectivity index is 2.28. The number of aromatic carboxylic acids is 1. The highest BCUT2D eigenvalue weighted by Gasteiger charge is 2.18. The second kappa shape index (κ2) is 6.35. The minimum absolute atomic E-state index is 0.212. The van der Waals surface area contributed by atoms with E-state index in [1.807, 2.05) is 0 Å². The third-order valence-electron chi connectivity index (χ3n) is 3.53. The Morgan fingerprint density at radius 1 is 0.800 bits per heavy atom. The maximum atomic E-state index is 14.0. The van der Waals surface area contributed by atoms with Crippen molar-refractivity contribution < 1.29 is 27.5 Å². The molecule has 126 valence electrons. The van der Waals surface area contributed by atoms with Gasteiger partial charge in [0, 0.05) is 11.1 Å². The zero-order chi connectivity index (χ0) is 18.1. The molecular formula is C18H9F4NO2. The molecule has 25 heavy (non-hydrogen) atoms. The molecule has 1 heterocycles. The third-order valence-corrected chi connectivity index (χ3v) is 3.53. The average Bonchev–Trinajstić information content (AvgIpc) is 2.59. The molecule has 3 rings (SSSR count). The van der Waals surface area contributed by atoms with E-state index < -0.39 is 29.2 Å². The van der Waals surface area contributed by atoms with Gasteiger partial charge in [-0.3, -0.25) is 0 Å². The molecule has 0 amide bonds. The first-order valence-electron chi connectivity index (χ1n) is 7.02. The summed E-state index contributed by atoms with van der Waals surface area (Å²) in [6.45, 7) is 0. The van der Waals surface area contributed by atoms with Gasteiger partial charge in [-0.05, 0) is 36.4 Å². The van der Waals surface area contributed by atoms with Gasteiger partial charge < -0.3 is 5.11 Å². The lowest BCUT2D eigenvalue weighted by Crippen LogP contribution is -2.02. The Bertz CT molecular complexity index is 919. The van der Waals surface area contributed by atoms with E-state index in [0.29, 0.717) is 0 Å². The molecule has 0 fully saturated rings. The highest BCUT2D eigenvalue weighted by Crippen LogP contribution is 2.29. The fourth-order valence-electron chi connectivity index (χ4n) is 2.33. The van der Waals surface area contributed by atoms with Crippen LogP contribution in [-0.2, 0) is 0 Å². The SMILES string of the molecule is O=C(O)c1cc(-c2cccc(F)c2F)nc(-c2cccc(F)c2F)c1. The summed E-state index contributed by atoms with van der Waals surface area (Å²) in [4.78, 5) is 15.3. The van der Waals surface area contributed by atoms with Gasteiger partial charge in [0.2, 0.25) is 0 Å². The van der Waals surface area contributed by atoms with E-state index >= 15 is 0 Å². The molecule has 0 aliphatic carbocycles. The van der Waals surface area contributed by atoms with Crippen LogP contribution in [0.5, 0.6) is 0 Å². The first kappa shape index (κ1) is 16.6. The van der Waals surface area contributed by atoms with Gasteiger partial charge in [-0.1, -0.05) is 12.1 Å². The quantitative estimate of drug-likeness (QED) is 0.701. The Hall–Kier alpha value is -3.22. The van der Waals surface area contributed by atoms with E-state index in [-0.39, 0.29) is 28.1 Å². The molecule has 3 nitrogen and oxygen atoms in total. The summed E-state index contributed by atoms with van der Waals surface area (Å²) in [5.41, 5.74) is -1.33. The Morgan fingerprint density at radius 2 is 1.24 bits per heavy atom. The first-order chi connectivity index (χ1) is 11.9. The fraction of sp³-hybridized carbons (Fsp3) is 0. The van der Waals surface area contributed by atoms with Crippen LogP contribution < -0.4 is 0 Å². The summed E-state index contributed by atoms with van der Waals surface area (Å²) >= 11 is 0. The molecule has 0 aliphatic heterocycles. The lowest BCUT2D eigenvalue weighted by Gasteiger charge is -2.09. The number of aromatic nitrogens is 1. The second-order valence-corrected chi connectivity index (χ2v) is 5.13. The topological polar surface area (TPSA) is 50.2 Å². The van der Waals surface area contributed by atoms with Crippen molar-refractivity contribution in [1.29, 1.82) is 0 Å². The molecule has 7 heteroatoms. The molecule has 0 radical (unpaired) electrons. The van der Waals surface area contributed by atoms with Crippen molar-refractivity contribution in [3.63, 3.8) is 0 Å². The first-order valence-corrected chi connectivity index (χ1v) is 7.02. The van der Waals surface area contributed by atoms with E-state index in [1.54, 1.807) is 0 Å². The summed E-state index contributed by atoms with van der Waals surface area (Å²) in [5, 5.41) is 9.21. The summed E-state index contributed by atoms with van der Waals surface area (Å²) in [6, 6.07) is 8.72. The standard InChI is InChI=1S/C18H9F4NO2/c19-12-5-1-3-10(16(12)21)14-7-9(18(24)25)8-15(23-14)11-4-2-6-13(20)17(11)22/h1-8H,(H,24,25). The predicted molar refractivity (Wildman–Crippen MR) is 81.9 cm³/mol. The minimum Gasteiger partial charge on any atom is -0.478 e. The van der Waals surface area contributed by atoms with Crippen molar-refractivity contribution in [2.45, 2.75) is 0 Å². The normalized spacial score (nSPS) is 10.7. The third kappa shape index (κ3) is 3.08. The summed E-state index contributed by atoms with van der Waals surface area (Å²) in [7, 11) is 0. The smallest absolute Gasteiger partial charge is 0.335 e. The molecule has 1 aromatic heterocycles. The summed E-state index contributed by atoms with van der Waals surface area (Å²) in [5.74, 6) is -6.10. The van der Waals surface area contributed by atoms with Gasteiger partial charge in [0.25, 0.3) is 0 Å². The fourth-order valence-corrected chi connectivity index (χ4v) is 2.33. The van der Waals surface area contributed by atoms with Crippen molar-refractivity contribution in [3.8, 4) is 22.5 Å². The van der Waals surface area contributed by atoms with Crippen molar-refractivity contribution in [2.75, 3.05) is 0 Å². The Morgan fingerprint density at radius 3 is 1.64 bits per heavy atom. The van der Waals surface area contributed by atoms with Crippen LogP contribution in [0.3, 0.4) is 0 Å². The molecule has 0 aliphatic rings. The van der Waals surface area contributed by atoms with Crippen molar-refractivity contribution in [3.05, 3.63) is 77.4 Å². The predicted octanol–water partition coefficient (Wildman–Crippen LogP) is 4.67. The maximum absolute atomic E-state index is 14.0. The Labute approximate surface area is 139 Å². The zero-order valence-electron chi connectivity index (χ0n) is 12.4. The van der Waals surface area contributed by atoms with Crippen molar-refractivity contribution in [2.24, 2.45) is 0 Å².